The minimum atomic E-state index is -3.67. The Morgan fingerprint density at radius 2 is 1.92 bits per heavy atom. The first kappa shape index (κ1) is 26.2. The Hall–Kier alpha value is -2.85. The fraction of sp³-hybridized carbons (Fsp3) is 0.538. The Morgan fingerprint density at radius 3 is 2.50 bits per heavy atom. The molecule has 9 nitrogen and oxygen atoms in total. The molecule has 1 fully saturated rings. The lowest BCUT2D eigenvalue weighted by molar-refractivity contribution is 0.0522. The first-order valence-electron chi connectivity index (χ1n) is 12.2. The zero-order valence-electron chi connectivity index (χ0n) is 21.3. The summed E-state index contributed by atoms with van der Waals surface area (Å²) in [5.41, 5.74) is 1.27. The molecule has 0 amide bonds. The topological polar surface area (TPSA) is 110 Å². The molecule has 1 atom stereocenters. The number of hydrogen-bond donors (Lipinski definition) is 0. The molecule has 1 aromatic carbocycles. The molecule has 1 unspecified atom stereocenters. The van der Waals surface area contributed by atoms with Crippen LogP contribution in [-0.4, -0.2) is 52.1 Å². The van der Waals surface area contributed by atoms with Gasteiger partial charge in [0.15, 0.2) is 9.84 Å². The molecule has 1 aliphatic heterocycles. The number of nitrogens with zero attached hydrogens (tertiary/aromatic N) is 1. The smallest absolute Gasteiger partial charge is 0.343 e. The van der Waals surface area contributed by atoms with E-state index >= 15 is 0 Å². The van der Waals surface area contributed by atoms with Crippen LogP contribution in [0, 0.1) is 5.92 Å². The number of carbonyl (C=O) groups is 1. The van der Waals surface area contributed by atoms with Gasteiger partial charge in [-0.15, -0.1) is 0 Å². The summed E-state index contributed by atoms with van der Waals surface area (Å²) in [5, 5.41) is 0. The van der Waals surface area contributed by atoms with Crippen molar-refractivity contribution in [1.29, 1.82) is 0 Å². The summed E-state index contributed by atoms with van der Waals surface area (Å²) in [6, 6.07) is 4.59. The monoisotopic (exact) mass is 519 g/mol. The van der Waals surface area contributed by atoms with E-state index in [1.807, 2.05) is 13.8 Å². The van der Waals surface area contributed by atoms with Gasteiger partial charge in [0, 0.05) is 49.6 Å². The summed E-state index contributed by atoms with van der Waals surface area (Å²) >= 11 is 0. The van der Waals surface area contributed by atoms with Crippen LogP contribution in [0.5, 0.6) is 11.5 Å². The van der Waals surface area contributed by atoms with Gasteiger partial charge >= 0.3 is 5.97 Å². The lowest BCUT2D eigenvalue weighted by atomic mass is 9.90. The van der Waals surface area contributed by atoms with E-state index in [9.17, 15) is 18.0 Å². The van der Waals surface area contributed by atoms with Gasteiger partial charge in [-0.1, -0.05) is 13.8 Å². The van der Waals surface area contributed by atoms with Crippen molar-refractivity contribution in [2.75, 3.05) is 33.2 Å². The second kappa shape index (κ2) is 10.3. The summed E-state index contributed by atoms with van der Waals surface area (Å²) in [5.74, 6) is -0.0443. The average molecular weight is 520 g/mol. The largest absolute Gasteiger partial charge is 0.492 e. The van der Waals surface area contributed by atoms with Gasteiger partial charge in [-0.25, -0.2) is 13.2 Å². The van der Waals surface area contributed by atoms with Gasteiger partial charge < -0.3 is 23.5 Å². The molecule has 2 heterocycles. The Balaban J connectivity index is 1.97. The minimum absolute atomic E-state index is 0.00208. The standard InChI is InChI=1S/C26H33NO8S/c1-6-33-26(29)19-12-18-23(27(25(19)28)16-8-9-16)17-13-22(36(5,30)31)21(34-11-7-10-32-4)14-20(17)35-24(18)15(2)3/h12-16,24H,6-11H2,1-5H3. The molecule has 0 saturated heterocycles. The van der Waals surface area contributed by atoms with E-state index in [0.29, 0.717) is 35.6 Å². The van der Waals surface area contributed by atoms with E-state index < -0.39 is 27.5 Å². The third-order valence-electron chi connectivity index (χ3n) is 6.29. The molecule has 0 radical (unpaired) electrons. The van der Waals surface area contributed by atoms with Crippen molar-refractivity contribution in [3.05, 3.63) is 39.7 Å². The first-order chi connectivity index (χ1) is 17.1. The van der Waals surface area contributed by atoms with E-state index in [2.05, 4.69) is 0 Å². The molecule has 0 spiro atoms. The lowest BCUT2D eigenvalue weighted by Gasteiger charge is -2.34. The highest BCUT2D eigenvalue weighted by atomic mass is 32.2. The average Bonchev–Trinajstić information content (AvgIpc) is 3.65. The van der Waals surface area contributed by atoms with Gasteiger partial charge in [-0.05, 0) is 37.8 Å². The number of rotatable bonds is 10. The highest BCUT2D eigenvalue weighted by Crippen LogP contribution is 2.50. The van der Waals surface area contributed by atoms with E-state index in [1.54, 1.807) is 30.7 Å². The summed E-state index contributed by atoms with van der Waals surface area (Å²) in [6.07, 6.45) is 2.83. The van der Waals surface area contributed by atoms with Crippen molar-refractivity contribution < 1.29 is 32.2 Å². The van der Waals surface area contributed by atoms with Gasteiger partial charge in [0.25, 0.3) is 5.56 Å². The van der Waals surface area contributed by atoms with Crippen LogP contribution in [0.25, 0.3) is 11.3 Å². The Kier molecular flexibility index (Phi) is 7.47. The molecule has 196 valence electrons. The van der Waals surface area contributed by atoms with Crippen LogP contribution in [0.1, 0.15) is 68.1 Å². The Morgan fingerprint density at radius 1 is 1.19 bits per heavy atom. The Bertz CT molecular complexity index is 1320. The number of ether oxygens (including phenoxy) is 4. The van der Waals surface area contributed by atoms with Gasteiger partial charge in [-0.3, -0.25) is 4.79 Å². The van der Waals surface area contributed by atoms with Crippen molar-refractivity contribution in [3.8, 4) is 22.8 Å². The number of sulfone groups is 1. The quantitative estimate of drug-likeness (QED) is 0.343. The van der Waals surface area contributed by atoms with Crippen LogP contribution in [0.2, 0.25) is 0 Å². The van der Waals surface area contributed by atoms with Gasteiger partial charge in [0.1, 0.15) is 28.1 Å². The molecule has 1 aliphatic carbocycles. The van der Waals surface area contributed by atoms with E-state index in [0.717, 1.165) is 19.1 Å². The second-order valence-corrected chi connectivity index (χ2v) is 11.5. The number of pyridine rings is 1. The van der Waals surface area contributed by atoms with Crippen molar-refractivity contribution in [2.45, 2.75) is 57.1 Å². The van der Waals surface area contributed by atoms with Crippen molar-refractivity contribution in [1.82, 2.24) is 4.57 Å². The number of carbonyl (C=O) groups excluding carboxylic acids is 1. The molecule has 2 aromatic rings. The molecule has 10 heteroatoms. The highest BCUT2D eigenvalue weighted by molar-refractivity contribution is 7.90. The molecule has 4 rings (SSSR count). The first-order valence-corrected chi connectivity index (χ1v) is 14.1. The molecule has 2 aliphatic rings. The second-order valence-electron chi connectivity index (χ2n) is 9.53. The fourth-order valence-corrected chi connectivity index (χ4v) is 5.32. The van der Waals surface area contributed by atoms with Crippen LogP contribution >= 0.6 is 0 Å². The predicted molar refractivity (Wildman–Crippen MR) is 134 cm³/mol. The SMILES string of the molecule is CCOC(=O)c1cc2c(n(C3CC3)c1=O)-c1cc(S(C)(=O)=O)c(OCCCOC)cc1OC2C(C)C. The number of methoxy groups -OCH3 is 1. The van der Waals surface area contributed by atoms with Crippen LogP contribution in [-0.2, 0) is 19.3 Å². The van der Waals surface area contributed by atoms with Crippen LogP contribution in [0.3, 0.4) is 0 Å². The van der Waals surface area contributed by atoms with Crippen LogP contribution < -0.4 is 15.0 Å². The third kappa shape index (κ3) is 5.01. The number of fused-ring (bicyclic) bond motifs is 3. The zero-order chi connectivity index (χ0) is 26.2. The maximum Gasteiger partial charge on any atom is 0.343 e. The minimum Gasteiger partial charge on any atom is -0.492 e. The molecule has 0 bridgehead atoms. The molecule has 0 N–H and O–H groups in total. The summed E-state index contributed by atoms with van der Waals surface area (Å²) in [6.45, 7) is 6.57. The predicted octanol–water partition coefficient (Wildman–Crippen LogP) is 3.94. The summed E-state index contributed by atoms with van der Waals surface area (Å²) in [7, 11) is -2.08. The number of hydrogen-bond acceptors (Lipinski definition) is 8. The fourth-order valence-electron chi connectivity index (χ4n) is 4.50. The third-order valence-corrected chi connectivity index (χ3v) is 7.41. The van der Waals surface area contributed by atoms with Gasteiger partial charge in [0.2, 0.25) is 0 Å². The normalized spacial score (nSPS) is 16.8. The van der Waals surface area contributed by atoms with Crippen molar-refractivity contribution in [3.63, 3.8) is 0 Å². The van der Waals surface area contributed by atoms with Crippen LogP contribution in [0.15, 0.2) is 27.9 Å². The summed E-state index contributed by atoms with van der Waals surface area (Å²) in [4.78, 5) is 26.2. The Labute approximate surface area is 211 Å². The summed E-state index contributed by atoms with van der Waals surface area (Å²) < 4.78 is 49.6. The zero-order valence-corrected chi connectivity index (χ0v) is 22.1. The molecular weight excluding hydrogens is 486 g/mol. The molecular formula is C26H33NO8S. The lowest BCUT2D eigenvalue weighted by Crippen LogP contribution is -2.32. The number of esters is 1. The maximum absolute atomic E-state index is 13.5. The van der Waals surface area contributed by atoms with Crippen molar-refractivity contribution in [2.24, 2.45) is 5.92 Å². The molecule has 1 aromatic heterocycles. The van der Waals surface area contributed by atoms with E-state index in [4.69, 9.17) is 18.9 Å². The van der Waals surface area contributed by atoms with Gasteiger partial charge in [0.05, 0.1) is 18.9 Å². The van der Waals surface area contributed by atoms with E-state index in [1.165, 1.54) is 6.07 Å². The van der Waals surface area contributed by atoms with Crippen molar-refractivity contribution >= 4 is 15.8 Å². The number of benzene rings is 1. The molecule has 36 heavy (non-hydrogen) atoms. The van der Waals surface area contributed by atoms with Crippen LogP contribution in [0.4, 0.5) is 0 Å². The highest BCUT2D eigenvalue weighted by Gasteiger charge is 2.38. The maximum atomic E-state index is 13.5. The van der Waals surface area contributed by atoms with E-state index in [-0.39, 0.29) is 41.4 Å². The number of aromatic nitrogens is 1. The molecule has 1 saturated carbocycles. The van der Waals surface area contributed by atoms with Gasteiger partial charge in [-0.2, -0.15) is 0 Å².